The van der Waals surface area contributed by atoms with Crippen molar-refractivity contribution in [2.24, 2.45) is 5.73 Å². The molecule has 16 heavy (non-hydrogen) atoms. The first-order valence-electron chi connectivity index (χ1n) is 5.26. The Labute approximate surface area is 93.6 Å². The van der Waals surface area contributed by atoms with Crippen molar-refractivity contribution in [3.63, 3.8) is 0 Å². The maximum atomic E-state index is 10.8. The second-order valence-electron chi connectivity index (χ2n) is 3.70. The third-order valence-electron chi connectivity index (χ3n) is 2.46. The molecule has 5 nitrogen and oxygen atoms in total. The molecule has 1 aliphatic rings. The van der Waals surface area contributed by atoms with Gasteiger partial charge in [0.25, 0.3) is 0 Å². The van der Waals surface area contributed by atoms with Crippen LogP contribution in [-0.4, -0.2) is 30.2 Å². The molecule has 0 bridgehead atoms. The number of ether oxygens (including phenoxy) is 2. The van der Waals surface area contributed by atoms with Crippen molar-refractivity contribution in [3.8, 4) is 5.88 Å². The second-order valence-corrected chi connectivity index (χ2v) is 3.70. The Morgan fingerprint density at radius 2 is 2.50 bits per heavy atom. The Bertz CT molecular complexity index is 358. The minimum atomic E-state index is -0.488. The van der Waals surface area contributed by atoms with Gasteiger partial charge in [-0.15, -0.1) is 0 Å². The molecule has 1 aromatic rings. The highest BCUT2D eigenvalue weighted by Gasteiger charge is 2.16. The average molecular weight is 222 g/mol. The van der Waals surface area contributed by atoms with Crippen molar-refractivity contribution in [1.82, 2.24) is 4.98 Å². The zero-order valence-electron chi connectivity index (χ0n) is 8.89. The van der Waals surface area contributed by atoms with Gasteiger partial charge in [-0.25, -0.2) is 4.98 Å². The van der Waals surface area contributed by atoms with Crippen molar-refractivity contribution >= 4 is 5.91 Å². The van der Waals surface area contributed by atoms with Gasteiger partial charge in [0.05, 0.1) is 11.7 Å². The SMILES string of the molecule is NC(=O)c1ccc(OCC2CCCO2)nc1. The van der Waals surface area contributed by atoms with E-state index in [2.05, 4.69) is 4.98 Å². The molecule has 2 rings (SSSR count). The predicted octanol–water partition coefficient (Wildman–Crippen LogP) is 0.738. The molecule has 0 aromatic carbocycles. The summed E-state index contributed by atoms with van der Waals surface area (Å²) in [6, 6.07) is 3.23. The van der Waals surface area contributed by atoms with Gasteiger partial charge in [0, 0.05) is 18.9 Å². The molecule has 5 heteroatoms. The summed E-state index contributed by atoms with van der Waals surface area (Å²) in [4.78, 5) is 14.8. The third kappa shape index (κ3) is 2.70. The summed E-state index contributed by atoms with van der Waals surface area (Å²) >= 11 is 0. The van der Waals surface area contributed by atoms with E-state index in [0.29, 0.717) is 18.1 Å². The van der Waals surface area contributed by atoms with Crippen molar-refractivity contribution in [3.05, 3.63) is 23.9 Å². The molecule has 0 aliphatic carbocycles. The Morgan fingerprint density at radius 1 is 1.62 bits per heavy atom. The van der Waals surface area contributed by atoms with Gasteiger partial charge in [-0.05, 0) is 18.9 Å². The topological polar surface area (TPSA) is 74.4 Å². The summed E-state index contributed by atoms with van der Waals surface area (Å²) in [7, 11) is 0. The van der Waals surface area contributed by atoms with E-state index < -0.39 is 5.91 Å². The lowest BCUT2D eigenvalue weighted by Crippen LogP contribution is -2.17. The van der Waals surface area contributed by atoms with Crippen molar-refractivity contribution < 1.29 is 14.3 Å². The molecule has 1 fully saturated rings. The molecule has 0 spiro atoms. The molecule has 0 saturated carbocycles. The number of carbonyl (C=O) groups is 1. The van der Waals surface area contributed by atoms with Crippen LogP contribution in [0.5, 0.6) is 5.88 Å². The predicted molar refractivity (Wildman–Crippen MR) is 57.2 cm³/mol. The van der Waals surface area contributed by atoms with Crippen LogP contribution >= 0.6 is 0 Å². The van der Waals surface area contributed by atoms with Crippen LogP contribution in [0.2, 0.25) is 0 Å². The number of nitrogens with zero attached hydrogens (tertiary/aromatic N) is 1. The van der Waals surface area contributed by atoms with Gasteiger partial charge in [-0.3, -0.25) is 4.79 Å². The fraction of sp³-hybridized carbons (Fsp3) is 0.455. The van der Waals surface area contributed by atoms with E-state index in [1.165, 1.54) is 6.20 Å². The molecule has 1 aliphatic heterocycles. The minimum absolute atomic E-state index is 0.164. The summed E-state index contributed by atoms with van der Waals surface area (Å²) in [6.07, 6.45) is 3.69. The molecule has 1 saturated heterocycles. The highest BCUT2D eigenvalue weighted by Crippen LogP contribution is 2.14. The lowest BCUT2D eigenvalue weighted by Gasteiger charge is -2.10. The number of nitrogens with two attached hydrogens (primary N) is 1. The fourth-order valence-electron chi connectivity index (χ4n) is 1.57. The van der Waals surface area contributed by atoms with Crippen LogP contribution in [0.4, 0.5) is 0 Å². The van der Waals surface area contributed by atoms with Gasteiger partial charge in [0.1, 0.15) is 6.61 Å². The van der Waals surface area contributed by atoms with Crippen molar-refractivity contribution in [1.29, 1.82) is 0 Å². The number of pyridine rings is 1. The zero-order chi connectivity index (χ0) is 11.4. The number of hydrogen-bond acceptors (Lipinski definition) is 4. The van der Waals surface area contributed by atoms with Crippen LogP contribution < -0.4 is 10.5 Å². The summed E-state index contributed by atoms with van der Waals surface area (Å²) in [6.45, 7) is 1.31. The van der Waals surface area contributed by atoms with E-state index in [1.807, 2.05) is 0 Å². The Kier molecular flexibility index (Phi) is 3.36. The standard InChI is InChI=1S/C11H14N2O3/c12-11(14)8-3-4-10(13-6-8)16-7-9-2-1-5-15-9/h3-4,6,9H,1-2,5,7H2,(H2,12,14). The van der Waals surface area contributed by atoms with Crippen LogP contribution in [0.3, 0.4) is 0 Å². The third-order valence-corrected chi connectivity index (χ3v) is 2.46. The Morgan fingerprint density at radius 3 is 3.06 bits per heavy atom. The van der Waals surface area contributed by atoms with Crippen LogP contribution in [0, 0.1) is 0 Å². The normalized spacial score (nSPS) is 19.6. The maximum absolute atomic E-state index is 10.8. The smallest absolute Gasteiger partial charge is 0.250 e. The van der Waals surface area contributed by atoms with E-state index in [1.54, 1.807) is 12.1 Å². The summed E-state index contributed by atoms with van der Waals surface area (Å²) < 4.78 is 10.8. The molecule has 0 radical (unpaired) electrons. The number of primary amides is 1. The largest absolute Gasteiger partial charge is 0.475 e. The minimum Gasteiger partial charge on any atom is -0.475 e. The van der Waals surface area contributed by atoms with Gasteiger partial charge in [-0.1, -0.05) is 0 Å². The van der Waals surface area contributed by atoms with E-state index >= 15 is 0 Å². The number of carbonyl (C=O) groups excluding carboxylic acids is 1. The molecule has 1 unspecified atom stereocenters. The van der Waals surface area contributed by atoms with Crippen LogP contribution in [0.1, 0.15) is 23.2 Å². The first-order chi connectivity index (χ1) is 7.75. The van der Waals surface area contributed by atoms with Gasteiger partial charge in [-0.2, -0.15) is 0 Å². The van der Waals surface area contributed by atoms with Crippen molar-refractivity contribution in [2.75, 3.05) is 13.2 Å². The molecule has 1 aromatic heterocycles. The highest BCUT2D eigenvalue weighted by atomic mass is 16.5. The van der Waals surface area contributed by atoms with Gasteiger partial charge in [0.15, 0.2) is 0 Å². The number of hydrogen-bond donors (Lipinski definition) is 1. The first-order valence-corrected chi connectivity index (χ1v) is 5.26. The molecule has 1 amide bonds. The molecular weight excluding hydrogens is 208 g/mol. The van der Waals surface area contributed by atoms with Gasteiger partial charge >= 0.3 is 0 Å². The second kappa shape index (κ2) is 4.94. The highest BCUT2D eigenvalue weighted by molar-refractivity contribution is 5.92. The van der Waals surface area contributed by atoms with Crippen LogP contribution in [0.25, 0.3) is 0 Å². The van der Waals surface area contributed by atoms with E-state index in [4.69, 9.17) is 15.2 Å². The number of amides is 1. The molecule has 2 heterocycles. The van der Waals surface area contributed by atoms with Gasteiger partial charge in [0.2, 0.25) is 11.8 Å². The molecule has 2 N–H and O–H groups in total. The van der Waals surface area contributed by atoms with Crippen molar-refractivity contribution in [2.45, 2.75) is 18.9 Å². The average Bonchev–Trinajstić information content (AvgIpc) is 2.80. The van der Waals surface area contributed by atoms with Gasteiger partial charge < -0.3 is 15.2 Å². The van der Waals surface area contributed by atoms with E-state index in [0.717, 1.165) is 19.4 Å². The quantitative estimate of drug-likeness (QED) is 0.815. The zero-order valence-corrected chi connectivity index (χ0v) is 8.89. The molecule has 1 atom stereocenters. The number of rotatable bonds is 4. The molecule has 86 valence electrons. The lowest BCUT2D eigenvalue weighted by atomic mass is 10.2. The summed E-state index contributed by atoms with van der Waals surface area (Å²) in [5.74, 6) is -0.00123. The van der Waals surface area contributed by atoms with E-state index in [9.17, 15) is 4.79 Å². The Balaban J connectivity index is 1.87. The molecular formula is C11H14N2O3. The Hall–Kier alpha value is -1.62. The van der Waals surface area contributed by atoms with Crippen LogP contribution in [-0.2, 0) is 4.74 Å². The maximum Gasteiger partial charge on any atom is 0.250 e. The summed E-state index contributed by atoms with van der Waals surface area (Å²) in [5, 5.41) is 0. The summed E-state index contributed by atoms with van der Waals surface area (Å²) in [5.41, 5.74) is 5.48. The van der Waals surface area contributed by atoms with E-state index in [-0.39, 0.29) is 6.10 Å². The monoisotopic (exact) mass is 222 g/mol. The number of aromatic nitrogens is 1. The van der Waals surface area contributed by atoms with Crippen LogP contribution in [0.15, 0.2) is 18.3 Å². The fourth-order valence-corrected chi connectivity index (χ4v) is 1.57. The lowest BCUT2D eigenvalue weighted by molar-refractivity contribution is 0.0663. The first kappa shape index (κ1) is 10.9.